The van der Waals surface area contributed by atoms with Crippen molar-refractivity contribution in [3.8, 4) is 5.75 Å². The van der Waals surface area contributed by atoms with Crippen LogP contribution in [0.5, 0.6) is 5.75 Å². The fraction of sp³-hybridized carbons (Fsp3) is 0.368. The van der Waals surface area contributed by atoms with E-state index in [-0.39, 0.29) is 0 Å². The highest BCUT2D eigenvalue weighted by Crippen LogP contribution is 2.26. The molecule has 3 rings (SSSR count). The minimum Gasteiger partial charge on any atom is -0.496 e. The molecule has 0 radical (unpaired) electrons. The van der Waals surface area contributed by atoms with E-state index in [0.29, 0.717) is 6.04 Å². The van der Waals surface area contributed by atoms with Crippen LogP contribution in [0.25, 0.3) is 0 Å². The van der Waals surface area contributed by atoms with Gasteiger partial charge >= 0.3 is 0 Å². The van der Waals surface area contributed by atoms with Gasteiger partial charge in [-0.1, -0.05) is 36.4 Å². The molecule has 0 saturated heterocycles. The van der Waals surface area contributed by atoms with E-state index in [0.717, 1.165) is 12.3 Å². The van der Waals surface area contributed by atoms with E-state index < -0.39 is 0 Å². The standard InChI is InChI=1S/C19H23NO/c1-14(16-11-10-15-7-5-8-17(15)12-16)20-13-18-6-3-4-9-19(18)21-2/h3-4,6,9-12,14,20H,5,7-8,13H2,1-2H3. The Morgan fingerprint density at radius 2 is 1.90 bits per heavy atom. The SMILES string of the molecule is COc1ccccc1CNC(C)c1ccc2c(c1)CCC2. The van der Waals surface area contributed by atoms with Gasteiger partial charge in [0, 0.05) is 18.2 Å². The lowest BCUT2D eigenvalue weighted by atomic mass is 10.0. The second kappa shape index (κ2) is 6.31. The number of fused-ring (bicyclic) bond motifs is 1. The van der Waals surface area contributed by atoms with Crippen LogP contribution < -0.4 is 10.1 Å². The first-order chi connectivity index (χ1) is 10.3. The normalized spacial score (nSPS) is 14.8. The van der Waals surface area contributed by atoms with E-state index in [9.17, 15) is 0 Å². The molecular weight excluding hydrogens is 258 g/mol. The number of ether oxygens (including phenoxy) is 1. The predicted molar refractivity (Wildman–Crippen MR) is 86.7 cm³/mol. The number of benzene rings is 2. The van der Waals surface area contributed by atoms with E-state index in [1.54, 1.807) is 12.7 Å². The number of nitrogens with one attached hydrogen (secondary N) is 1. The second-order valence-corrected chi connectivity index (χ2v) is 5.80. The van der Waals surface area contributed by atoms with Crippen LogP contribution in [0.15, 0.2) is 42.5 Å². The predicted octanol–water partition coefficient (Wildman–Crippen LogP) is 4.03. The molecule has 1 aliphatic carbocycles. The molecule has 2 nitrogen and oxygen atoms in total. The Bertz CT molecular complexity index is 621. The first-order valence-electron chi connectivity index (χ1n) is 7.75. The smallest absolute Gasteiger partial charge is 0.123 e. The van der Waals surface area contributed by atoms with E-state index in [1.807, 2.05) is 12.1 Å². The minimum atomic E-state index is 0.348. The number of aryl methyl sites for hydroxylation is 2. The van der Waals surface area contributed by atoms with Crippen molar-refractivity contribution in [2.24, 2.45) is 0 Å². The molecule has 0 amide bonds. The number of methoxy groups -OCH3 is 1. The molecule has 0 bridgehead atoms. The maximum absolute atomic E-state index is 5.40. The summed E-state index contributed by atoms with van der Waals surface area (Å²) in [7, 11) is 1.72. The molecule has 0 aliphatic heterocycles. The van der Waals surface area contributed by atoms with Gasteiger partial charge < -0.3 is 10.1 Å². The molecule has 0 heterocycles. The van der Waals surface area contributed by atoms with Gasteiger partial charge in [-0.2, -0.15) is 0 Å². The van der Waals surface area contributed by atoms with Gasteiger partial charge in [0.1, 0.15) is 5.75 Å². The van der Waals surface area contributed by atoms with Crippen LogP contribution in [0, 0.1) is 0 Å². The maximum atomic E-state index is 5.40. The van der Waals surface area contributed by atoms with Gasteiger partial charge in [0.2, 0.25) is 0 Å². The van der Waals surface area contributed by atoms with Crippen molar-refractivity contribution >= 4 is 0 Å². The van der Waals surface area contributed by atoms with Gasteiger partial charge in [0.25, 0.3) is 0 Å². The molecule has 21 heavy (non-hydrogen) atoms. The lowest BCUT2D eigenvalue weighted by Gasteiger charge is -2.17. The molecule has 0 fully saturated rings. The third kappa shape index (κ3) is 3.11. The first kappa shape index (κ1) is 14.2. The highest BCUT2D eigenvalue weighted by molar-refractivity contribution is 5.37. The molecule has 1 unspecified atom stereocenters. The summed E-state index contributed by atoms with van der Waals surface area (Å²) in [5.41, 5.74) is 5.66. The van der Waals surface area contributed by atoms with Gasteiger partial charge in [-0.25, -0.2) is 0 Å². The molecule has 0 spiro atoms. The van der Waals surface area contributed by atoms with Gasteiger partial charge in [-0.3, -0.25) is 0 Å². The first-order valence-corrected chi connectivity index (χ1v) is 7.75. The summed E-state index contributed by atoms with van der Waals surface area (Å²) in [6.07, 6.45) is 3.79. The van der Waals surface area contributed by atoms with Crippen molar-refractivity contribution in [2.75, 3.05) is 7.11 Å². The molecule has 0 aromatic heterocycles. The molecule has 110 valence electrons. The zero-order valence-electron chi connectivity index (χ0n) is 12.9. The van der Waals surface area contributed by atoms with Crippen LogP contribution in [0.2, 0.25) is 0 Å². The number of hydrogen-bond acceptors (Lipinski definition) is 2. The summed E-state index contributed by atoms with van der Waals surface area (Å²) in [6.45, 7) is 3.05. The monoisotopic (exact) mass is 281 g/mol. The molecule has 1 aliphatic rings. The molecule has 1 atom stereocenters. The van der Waals surface area contributed by atoms with Crippen molar-refractivity contribution in [3.05, 3.63) is 64.7 Å². The molecule has 2 aromatic rings. The Hall–Kier alpha value is -1.80. The van der Waals surface area contributed by atoms with E-state index in [1.165, 1.54) is 36.0 Å². The van der Waals surface area contributed by atoms with Gasteiger partial charge in [0.05, 0.1) is 7.11 Å². The van der Waals surface area contributed by atoms with Gasteiger partial charge in [-0.05, 0) is 48.9 Å². The van der Waals surface area contributed by atoms with Crippen LogP contribution in [0.1, 0.15) is 41.6 Å². The van der Waals surface area contributed by atoms with Crippen molar-refractivity contribution in [2.45, 2.75) is 38.8 Å². The summed E-state index contributed by atoms with van der Waals surface area (Å²) < 4.78 is 5.40. The Balaban J connectivity index is 1.67. The number of rotatable bonds is 5. The van der Waals surface area contributed by atoms with Crippen molar-refractivity contribution in [3.63, 3.8) is 0 Å². The lowest BCUT2D eigenvalue weighted by Crippen LogP contribution is -2.18. The van der Waals surface area contributed by atoms with Gasteiger partial charge in [0.15, 0.2) is 0 Å². The Labute approximate surface area is 127 Å². The van der Waals surface area contributed by atoms with Crippen LogP contribution in [-0.4, -0.2) is 7.11 Å². The van der Waals surface area contributed by atoms with Crippen LogP contribution in [0.3, 0.4) is 0 Å². The topological polar surface area (TPSA) is 21.3 Å². The average molecular weight is 281 g/mol. The third-order valence-electron chi connectivity index (χ3n) is 4.41. The number of hydrogen-bond donors (Lipinski definition) is 1. The summed E-state index contributed by atoms with van der Waals surface area (Å²) in [4.78, 5) is 0. The summed E-state index contributed by atoms with van der Waals surface area (Å²) in [5.74, 6) is 0.950. The molecule has 2 aromatic carbocycles. The fourth-order valence-electron chi connectivity index (χ4n) is 3.09. The van der Waals surface area contributed by atoms with E-state index >= 15 is 0 Å². The zero-order valence-corrected chi connectivity index (χ0v) is 12.9. The van der Waals surface area contributed by atoms with Crippen molar-refractivity contribution in [1.82, 2.24) is 5.32 Å². The van der Waals surface area contributed by atoms with Crippen LogP contribution >= 0.6 is 0 Å². The zero-order chi connectivity index (χ0) is 14.7. The van der Waals surface area contributed by atoms with Crippen molar-refractivity contribution in [1.29, 1.82) is 0 Å². The highest BCUT2D eigenvalue weighted by atomic mass is 16.5. The average Bonchev–Trinajstić information content (AvgIpc) is 3.00. The van der Waals surface area contributed by atoms with Crippen molar-refractivity contribution < 1.29 is 4.74 Å². The summed E-state index contributed by atoms with van der Waals surface area (Å²) in [5, 5.41) is 3.60. The van der Waals surface area contributed by atoms with E-state index in [4.69, 9.17) is 4.74 Å². The third-order valence-corrected chi connectivity index (χ3v) is 4.41. The minimum absolute atomic E-state index is 0.348. The number of para-hydroxylation sites is 1. The second-order valence-electron chi connectivity index (χ2n) is 5.80. The van der Waals surface area contributed by atoms with E-state index in [2.05, 4.69) is 42.6 Å². The Kier molecular flexibility index (Phi) is 4.26. The fourth-order valence-corrected chi connectivity index (χ4v) is 3.09. The Morgan fingerprint density at radius 3 is 2.76 bits per heavy atom. The quantitative estimate of drug-likeness (QED) is 0.893. The molecular formula is C19H23NO. The summed E-state index contributed by atoms with van der Waals surface area (Å²) >= 11 is 0. The van der Waals surface area contributed by atoms with Crippen LogP contribution in [0.4, 0.5) is 0 Å². The largest absolute Gasteiger partial charge is 0.496 e. The van der Waals surface area contributed by atoms with Crippen LogP contribution in [-0.2, 0) is 19.4 Å². The molecule has 1 N–H and O–H groups in total. The molecule has 0 saturated carbocycles. The maximum Gasteiger partial charge on any atom is 0.123 e. The summed E-state index contributed by atoms with van der Waals surface area (Å²) in [6, 6.07) is 15.5. The highest BCUT2D eigenvalue weighted by Gasteiger charge is 2.13. The molecule has 2 heteroatoms. The Morgan fingerprint density at radius 1 is 1.10 bits per heavy atom. The van der Waals surface area contributed by atoms with Gasteiger partial charge in [-0.15, -0.1) is 0 Å². The lowest BCUT2D eigenvalue weighted by molar-refractivity contribution is 0.406.